The van der Waals surface area contributed by atoms with Crippen molar-refractivity contribution in [1.29, 1.82) is 5.26 Å². The fourth-order valence-electron chi connectivity index (χ4n) is 3.25. The minimum Gasteiger partial charge on any atom is -0.496 e. The Labute approximate surface area is 206 Å². The first-order chi connectivity index (χ1) is 16.6. The third-order valence-electron chi connectivity index (χ3n) is 5.03. The molecule has 0 saturated heterocycles. The van der Waals surface area contributed by atoms with Crippen molar-refractivity contribution in [1.82, 2.24) is 9.97 Å². The average Bonchev–Trinajstić information content (AvgIpc) is 3.32. The number of thiazole rings is 1. The van der Waals surface area contributed by atoms with Gasteiger partial charge in [0.1, 0.15) is 16.8 Å². The molecule has 34 heavy (non-hydrogen) atoms. The highest BCUT2D eigenvalue weighted by atomic mass is 32.2. The van der Waals surface area contributed by atoms with Crippen LogP contribution in [0, 0.1) is 18.3 Å². The molecule has 0 atom stereocenters. The Morgan fingerprint density at radius 2 is 1.88 bits per heavy atom. The van der Waals surface area contributed by atoms with E-state index in [1.54, 1.807) is 13.2 Å². The van der Waals surface area contributed by atoms with E-state index in [0.717, 1.165) is 28.3 Å². The van der Waals surface area contributed by atoms with Crippen molar-refractivity contribution < 1.29 is 9.53 Å². The van der Waals surface area contributed by atoms with Crippen LogP contribution in [0.4, 0.5) is 5.13 Å². The lowest BCUT2D eigenvalue weighted by Crippen LogP contribution is -2.12. The number of nitriles is 1. The summed E-state index contributed by atoms with van der Waals surface area (Å²) in [7, 11) is 1.62. The van der Waals surface area contributed by atoms with Gasteiger partial charge in [0, 0.05) is 28.7 Å². The van der Waals surface area contributed by atoms with Crippen molar-refractivity contribution in [3.8, 4) is 34.3 Å². The van der Waals surface area contributed by atoms with E-state index in [4.69, 9.17) is 4.74 Å². The molecule has 1 N–H and O–H groups in total. The van der Waals surface area contributed by atoms with Crippen LogP contribution in [0.2, 0.25) is 0 Å². The van der Waals surface area contributed by atoms with Gasteiger partial charge in [-0.2, -0.15) is 5.26 Å². The van der Waals surface area contributed by atoms with E-state index < -0.39 is 0 Å². The fourth-order valence-corrected chi connectivity index (χ4v) is 4.89. The molecule has 0 fully saturated rings. The number of ether oxygens (including phenoxy) is 1. The van der Waals surface area contributed by atoms with Crippen LogP contribution in [0.3, 0.4) is 0 Å². The lowest BCUT2D eigenvalue weighted by molar-refractivity contribution is -0.115. The van der Waals surface area contributed by atoms with E-state index >= 15 is 0 Å². The lowest BCUT2D eigenvalue weighted by atomic mass is 10.1. The van der Waals surface area contributed by atoms with Gasteiger partial charge in [-0.25, -0.2) is 9.97 Å². The van der Waals surface area contributed by atoms with Crippen molar-refractivity contribution in [2.75, 3.05) is 18.2 Å². The van der Waals surface area contributed by atoms with Crippen LogP contribution in [0.5, 0.6) is 5.75 Å². The predicted octanol–water partition coefficient (Wildman–Crippen LogP) is 6.18. The van der Waals surface area contributed by atoms with Gasteiger partial charge >= 0.3 is 0 Å². The molecule has 0 unspecified atom stereocenters. The lowest BCUT2D eigenvalue weighted by Gasteiger charge is -2.07. The van der Waals surface area contributed by atoms with E-state index in [0.29, 0.717) is 21.5 Å². The van der Waals surface area contributed by atoms with Gasteiger partial charge in [0.2, 0.25) is 5.91 Å². The molecule has 0 spiro atoms. The Kier molecular flexibility index (Phi) is 7.58. The second-order valence-electron chi connectivity index (χ2n) is 7.41. The largest absolute Gasteiger partial charge is 0.496 e. The van der Waals surface area contributed by atoms with Crippen LogP contribution >= 0.6 is 23.1 Å². The quantitative estimate of drug-likeness (QED) is 0.299. The molecule has 0 saturated carbocycles. The van der Waals surface area contributed by atoms with Crippen molar-refractivity contribution >= 4 is 34.1 Å². The van der Waals surface area contributed by atoms with Gasteiger partial charge in [0.05, 0.1) is 24.1 Å². The Morgan fingerprint density at radius 1 is 1.09 bits per heavy atom. The third kappa shape index (κ3) is 5.63. The van der Waals surface area contributed by atoms with Crippen molar-refractivity contribution in [3.63, 3.8) is 0 Å². The SMILES string of the molecule is COc1ccccc1-c1csc(NC(=O)CCSc2nc(-c3ccc(C)cc3)ccc2C#N)n1. The van der Waals surface area contributed by atoms with Crippen LogP contribution < -0.4 is 10.1 Å². The molecular weight excluding hydrogens is 464 g/mol. The van der Waals surface area contributed by atoms with E-state index in [1.165, 1.54) is 28.7 Å². The van der Waals surface area contributed by atoms with Crippen molar-refractivity contribution in [2.24, 2.45) is 0 Å². The monoisotopic (exact) mass is 486 g/mol. The first kappa shape index (κ1) is 23.5. The summed E-state index contributed by atoms with van der Waals surface area (Å²) in [5, 5.41) is 15.4. The number of anilines is 1. The van der Waals surface area contributed by atoms with E-state index in [1.807, 2.05) is 66.9 Å². The summed E-state index contributed by atoms with van der Waals surface area (Å²) < 4.78 is 5.39. The summed E-state index contributed by atoms with van der Waals surface area (Å²) in [6, 6.07) is 21.5. The predicted molar refractivity (Wildman–Crippen MR) is 137 cm³/mol. The van der Waals surface area contributed by atoms with Gasteiger partial charge in [0.15, 0.2) is 5.13 Å². The highest BCUT2D eigenvalue weighted by molar-refractivity contribution is 7.99. The number of aromatic nitrogens is 2. The molecule has 2 aromatic carbocycles. The number of benzene rings is 2. The molecule has 0 bridgehead atoms. The van der Waals surface area contributed by atoms with Crippen molar-refractivity contribution in [3.05, 3.63) is 77.2 Å². The number of thioether (sulfide) groups is 1. The number of carbonyl (C=O) groups excluding carboxylic acids is 1. The zero-order valence-electron chi connectivity index (χ0n) is 18.7. The molecule has 0 aliphatic heterocycles. The number of methoxy groups -OCH3 is 1. The Morgan fingerprint density at radius 3 is 2.65 bits per heavy atom. The van der Waals surface area contributed by atoms with Gasteiger partial charge in [-0.1, -0.05) is 42.0 Å². The summed E-state index contributed by atoms with van der Waals surface area (Å²) in [5.74, 6) is 1.09. The molecule has 0 aliphatic carbocycles. The smallest absolute Gasteiger partial charge is 0.226 e. The number of aryl methyl sites for hydroxylation is 1. The molecule has 0 aliphatic rings. The summed E-state index contributed by atoms with van der Waals surface area (Å²) >= 11 is 2.77. The van der Waals surface area contributed by atoms with Crippen LogP contribution in [-0.2, 0) is 4.79 Å². The molecule has 0 radical (unpaired) electrons. The number of amides is 1. The molecular formula is C26H22N4O2S2. The number of carbonyl (C=O) groups is 1. The van der Waals surface area contributed by atoms with E-state index in [-0.39, 0.29) is 12.3 Å². The summed E-state index contributed by atoms with van der Waals surface area (Å²) in [6.45, 7) is 2.04. The highest BCUT2D eigenvalue weighted by Gasteiger charge is 2.13. The van der Waals surface area contributed by atoms with Crippen LogP contribution in [0.25, 0.3) is 22.5 Å². The fraction of sp³-hybridized carbons (Fsp3) is 0.154. The maximum atomic E-state index is 12.5. The maximum Gasteiger partial charge on any atom is 0.226 e. The average molecular weight is 487 g/mol. The number of nitrogens with one attached hydrogen (secondary N) is 1. The van der Waals surface area contributed by atoms with Crippen LogP contribution in [0.1, 0.15) is 17.5 Å². The molecule has 2 aromatic heterocycles. The molecule has 4 rings (SSSR count). The zero-order valence-corrected chi connectivity index (χ0v) is 20.4. The van der Waals surface area contributed by atoms with Gasteiger partial charge in [-0.3, -0.25) is 4.79 Å². The normalized spacial score (nSPS) is 10.5. The number of para-hydroxylation sites is 1. The number of rotatable bonds is 8. The van der Waals surface area contributed by atoms with Gasteiger partial charge in [-0.05, 0) is 31.2 Å². The zero-order chi connectivity index (χ0) is 23.9. The summed E-state index contributed by atoms with van der Waals surface area (Å²) in [6.07, 6.45) is 0.273. The number of nitrogens with zero attached hydrogens (tertiary/aromatic N) is 3. The Balaban J connectivity index is 1.37. The first-order valence-corrected chi connectivity index (χ1v) is 12.4. The highest BCUT2D eigenvalue weighted by Crippen LogP contribution is 2.32. The van der Waals surface area contributed by atoms with Crippen LogP contribution in [0.15, 0.2) is 71.1 Å². The first-order valence-electron chi connectivity index (χ1n) is 10.6. The second-order valence-corrected chi connectivity index (χ2v) is 9.35. The standard InChI is InChI=1S/C26H22N4O2S2/c1-17-7-9-18(10-8-17)21-12-11-19(15-27)25(28-21)33-14-13-24(31)30-26-29-22(16-34-26)20-5-3-4-6-23(20)32-2/h3-12,16H,13-14H2,1-2H3,(H,29,30,31). The topological polar surface area (TPSA) is 87.9 Å². The molecule has 4 aromatic rings. The summed E-state index contributed by atoms with van der Waals surface area (Å²) in [4.78, 5) is 21.7. The van der Waals surface area contributed by atoms with Gasteiger partial charge in [0.25, 0.3) is 0 Å². The summed E-state index contributed by atoms with van der Waals surface area (Å²) in [5.41, 5.74) is 5.10. The Bertz CT molecular complexity index is 1340. The third-order valence-corrected chi connectivity index (χ3v) is 6.78. The van der Waals surface area contributed by atoms with Crippen molar-refractivity contribution in [2.45, 2.75) is 18.4 Å². The minimum atomic E-state index is -0.137. The van der Waals surface area contributed by atoms with Gasteiger partial charge in [-0.15, -0.1) is 23.1 Å². The molecule has 8 heteroatoms. The van der Waals surface area contributed by atoms with E-state index in [9.17, 15) is 10.1 Å². The maximum absolute atomic E-state index is 12.5. The Hall–Kier alpha value is -3.67. The molecule has 1 amide bonds. The molecule has 2 heterocycles. The molecule has 6 nitrogen and oxygen atoms in total. The van der Waals surface area contributed by atoms with Crippen LogP contribution in [-0.4, -0.2) is 28.7 Å². The van der Waals surface area contributed by atoms with Gasteiger partial charge < -0.3 is 10.1 Å². The second kappa shape index (κ2) is 11.0. The minimum absolute atomic E-state index is 0.137. The number of hydrogen-bond acceptors (Lipinski definition) is 7. The van der Waals surface area contributed by atoms with E-state index in [2.05, 4.69) is 21.4 Å². The molecule has 170 valence electrons. The number of pyridine rings is 1. The number of hydrogen-bond donors (Lipinski definition) is 1.